The molecule has 0 aliphatic carbocycles. The molecule has 0 saturated heterocycles. The second-order valence-corrected chi connectivity index (χ2v) is 4.19. The van der Waals surface area contributed by atoms with Crippen LogP contribution in [0, 0.1) is 0 Å². The first-order valence-electron chi connectivity index (χ1n) is 6.10. The second kappa shape index (κ2) is 26.1. The normalized spacial score (nSPS) is 8.50. The zero-order valence-electron chi connectivity index (χ0n) is 16.2. The summed E-state index contributed by atoms with van der Waals surface area (Å²) in [5, 5.41) is 55.6. The third-order valence-electron chi connectivity index (χ3n) is 2.14. The number of hydrogen-bond acceptors (Lipinski definition) is 11. The van der Waals surface area contributed by atoms with Gasteiger partial charge >= 0.3 is 124 Å². The summed E-state index contributed by atoms with van der Waals surface area (Å²) in [5.41, 5.74) is 0. The molecule has 0 spiro atoms. The van der Waals surface area contributed by atoms with E-state index in [-0.39, 0.29) is 131 Å². The smallest absolute Gasteiger partial charge is 0.549 e. The van der Waals surface area contributed by atoms with Gasteiger partial charge in [-0.25, -0.2) is 4.79 Å². The SMILES string of the molecule is O=C(O)O.O=C([O-])CN(CCN(CC(=O)[O-])CC(=O)[O-])CC(=O)[O-].[Na+].[Na+].[Na+].[Na+]. The number of carboxylic acids is 4. The van der Waals surface area contributed by atoms with Crippen molar-refractivity contribution in [1.29, 1.82) is 0 Å². The van der Waals surface area contributed by atoms with Crippen molar-refractivity contribution in [2.75, 3.05) is 39.3 Å². The van der Waals surface area contributed by atoms with Crippen molar-refractivity contribution in [1.82, 2.24) is 9.80 Å². The number of hydrogen-bond donors (Lipinski definition) is 2. The van der Waals surface area contributed by atoms with Crippen LogP contribution in [-0.2, 0) is 19.2 Å². The van der Waals surface area contributed by atoms with Gasteiger partial charge in [-0.1, -0.05) is 0 Å². The standard InChI is InChI=1S/C10H16N2O8.CH2O3.4Na/c13-7(14)3-11(4-8(15)16)1-2-12(5-9(17)18)6-10(19)20;2-1(3)4;;;;/h1-6H2,(H,13,14)(H,15,16)(H,17,18)(H,19,20);(H2,2,3,4);;;;/q;;4*+1/p-4. The molecule has 17 heteroatoms. The van der Waals surface area contributed by atoms with Crippen LogP contribution in [0.2, 0.25) is 0 Å². The van der Waals surface area contributed by atoms with Crippen molar-refractivity contribution in [3.8, 4) is 0 Å². The Hall–Kier alpha value is 1.07. The molecule has 0 fully saturated rings. The molecule has 0 aromatic rings. The maximum Gasteiger partial charge on any atom is 1.00 e. The van der Waals surface area contributed by atoms with Gasteiger partial charge in [-0.3, -0.25) is 9.80 Å². The minimum Gasteiger partial charge on any atom is -0.549 e. The Morgan fingerprint density at radius 2 is 0.679 bits per heavy atom. The summed E-state index contributed by atoms with van der Waals surface area (Å²) in [7, 11) is 0. The fraction of sp³-hybridized carbons (Fsp3) is 0.545. The van der Waals surface area contributed by atoms with Crippen molar-refractivity contribution in [3.63, 3.8) is 0 Å². The van der Waals surface area contributed by atoms with Crippen LogP contribution in [0.4, 0.5) is 4.79 Å². The van der Waals surface area contributed by atoms with E-state index in [9.17, 15) is 39.6 Å². The Kier molecular flexibility index (Phi) is 40.1. The van der Waals surface area contributed by atoms with E-state index in [0.29, 0.717) is 0 Å². The predicted octanol–water partition coefficient (Wildman–Crippen LogP) is -19.2. The third kappa shape index (κ3) is 37.8. The van der Waals surface area contributed by atoms with Crippen molar-refractivity contribution < 1.29 is 173 Å². The first kappa shape index (κ1) is 43.0. The molecule has 0 aliphatic rings. The number of aliphatic carboxylic acids is 4. The largest absolute Gasteiger partial charge is 1.00 e. The van der Waals surface area contributed by atoms with Gasteiger partial charge in [0.05, 0.1) is 23.9 Å². The Bertz CT molecular complexity index is 409. The number of nitrogens with zero attached hydrogens (tertiary/aromatic N) is 2. The number of carbonyl (C=O) groups is 5. The van der Waals surface area contributed by atoms with Gasteiger partial charge in [0.2, 0.25) is 0 Å². The summed E-state index contributed by atoms with van der Waals surface area (Å²) in [6.45, 7) is -3.25. The summed E-state index contributed by atoms with van der Waals surface area (Å²) in [6, 6.07) is 0. The minimum atomic E-state index is -1.83. The molecule has 0 heterocycles. The van der Waals surface area contributed by atoms with Crippen LogP contribution in [0.15, 0.2) is 0 Å². The van der Waals surface area contributed by atoms with Gasteiger partial charge in [0.1, 0.15) is 0 Å². The molecule has 2 N–H and O–H groups in total. The fourth-order valence-corrected chi connectivity index (χ4v) is 1.44. The van der Waals surface area contributed by atoms with E-state index in [1.807, 2.05) is 0 Å². The summed E-state index contributed by atoms with van der Waals surface area (Å²) >= 11 is 0. The fourth-order valence-electron chi connectivity index (χ4n) is 1.44. The van der Waals surface area contributed by atoms with Gasteiger partial charge in [-0.05, 0) is 0 Å². The Morgan fingerprint density at radius 3 is 0.786 bits per heavy atom. The number of carbonyl (C=O) groups excluding carboxylic acids is 4. The van der Waals surface area contributed by atoms with Crippen LogP contribution < -0.4 is 139 Å². The van der Waals surface area contributed by atoms with E-state index in [2.05, 4.69) is 0 Å². The van der Waals surface area contributed by atoms with E-state index in [4.69, 9.17) is 15.0 Å². The van der Waals surface area contributed by atoms with Crippen molar-refractivity contribution >= 4 is 30.0 Å². The molecule has 138 valence electrons. The summed E-state index contributed by atoms with van der Waals surface area (Å²) < 4.78 is 0. The molecule has 13 nitrogen and oxygen atoms in total. The van der Waals surface area contributed by atoms with E-state index >= 15 is 0 Å². The molecule has 0 unspecified atom stereocenters. The summed E-state index contributed by atoms with van der Waals surface area (Å²) in [6.07, 6.45) is -1.83. The molecular weight excluding hydrogens is 428 g/mol. The van der Waals surface area contributed by atoms with Crippen molar-refractivity contribution in [3.05, 3.63) is 0 Å². The van der Waals surface area contributed by atoms with Crippen molar-refractivity contribution in [2.45, 2.75) is 0 Å². The van der Waals surface area contributed by atoms with Crippen LogP contribution in [0.5, 0.6) is 0 Å². The quantitative estimate of drug-likeness (QED) is 0.284. The molecular formula is C11H14N2Na4O11. The van der Waals surface area contributed by atoms with Crippen LogP contribution >= 0.6 is 0 Å². The van der Waals surface area contributed by atoms with Crippen LogP contribution in [-0.4, -0.2) is 89.3 Å². The Labute approximate surface area is 248 Å². The minimum absolute atomic E-state index is 0. The number of rotatable bonds is 11. The zero-order chi connectivity index (χ0) is 19.3. The maximum absolute atomic E-state index is 10.4. The maximum atomic E-state index is 10.4. The van der Waals surface area contributed by atoms with Gasteiger partial charge in [-0.15, -0.1) is 0 Å². The first-order chi connectivity index (χ1) is 10.9. The van der Waals surface area contributed by atoms with E-state index in [1.165, 1.54) is 0 Å². The van der Waals surface area contributed by atoms with Crippen LogP contribution in [0.1, 0.15) is 0 Å². The average molecular weight is 442 g/mol. The van der Waals surface area contributed by atoms with Gasteiger partial charge in [0.15, 0.2) is 0 Å². The second-order valence-electron chi connectivity index (χ2n) is 4.19. The monoisotopic (exact) mass is 442 g/mol. The third-order valence-corrected chi connectivity index (χ3v) is 2.14. The zero-order valence-corrected chi connectivity index (χ0v) is 24.2. The topological polar surface area (TPSA) is 225 Å². The number of carboxylic acid groups (broad SMARTS) is 6. The molecule has 28 heavy (non-hydrogen) atoms. The van der Waals surface area contributed by atoms with Crippen LogP contribution in [0.25, 0.3) is 0 Å². The molecule has 0 saturated carbocycles. The van der Waals surface area contributed by atoms with Gasteiger partial charge in [0, 0.05) is 39.3 Å². The van der Waals surface area contributed by atoms with Gasteiger partial charge in [-0.2, -0.15) is 0 Å². The summed E-state index contributed by atoms with van der Waals surface area (Å²) in [4.78, 5) is 52.0. The molecule has 0 aliphatic heterocycles. The van der Waals surface area contributed by atoms with Gasteiger partial charge < -0.3 is 49.8 Å². The van der Waals surface area contributed by atoms with Crippen LogP contribution in [0.3, 0.4) is 0 Å². The molecule has 0 bridgehead atoms. The van der Waals surface area contributed by atoms with E-state index in [0.717, 1.165) is 9.80 Å². The van der Waals surface area contributed by atoms with Crippen molar-refractivity contribution in [2.24, 2.45) is 0 Å². The molecule has 0 amide bonds. The molecule has 0 radical (unpaired) electrons. The Morgan fingerprint density at radius 1 is 0.536 bits per heavy atom. The molecule has 0 aromatic heterocycles. The summed E-state index contributed by atoms with van der Waals surface area (Å²) in [5.74, 6) is -6.12. The Balaban J connectivity index is -0.000000137. The molecule has 0 aromatic carbocycles. The predicted molar refractivity (Wildman–Crippen MR) is 63.6 cm³/mol. The first-order valence-corrected chi connectivity index (χ1v) is 6.10. The van der Waals surface area contributed by atoms with Gasteiger partial charge in [0.25, 0.3) is 0 Å². The average Bonchev–Trinajstić information content (AvgIpc) is 2.32. The van der Waals surface area contributed by atoms with E-state index in [1.54, 1.807) is 0 Å². The van der Waals surface area contributed by atoms with E-state index < -0.39 is 56.2 Å². The molecule has 0 rings (SSSR count). The molecule has 0 atom stereocenters.